The molecule has 2 atom stereocenters. The Hall–Kier alpha value is -2.24. The molecule has 1 aromatic heterocycles. The van der Waals surface area contributed by atoms with E-state index in [0.717, 1.165) is 30.3 Å². The molecule has 0 unspecified atom stereocenters. The molecule has 1 aliphatic carbocycles. The first-order chi connectivity index (χ1) is 13.7. The average molecular weight is 378 g/mol. The van der Waals surface area contributed by atoms with Crippen molar-refractivity contribution in [3.05, 3.63) is 53.9 Å². The van der Waals surface area contributed by atoms with Gasteiger partial charge >= 0.3 is 5.97 Å². The van der Waals surface area contributed by atoms with Crippen LogP contribution in [0.4, 0.5) is 0 Å². The highest BCUT2D eigenvalue weighted by Crippen LogP contribution is 2.59. The molecule has 5 rings (SSSR count). The van der Waals surface area contributed by atoms with Crippen molar-refractivity contribution in [3.63, 3.8) is 0 Å². The summed E-state index contributed by atoms with van der Waals surface area (Å²) in [4.78, 5) is 18.7. The Balaban J connectivity index is 1.33. The lowest BCUT2D eigenvalue weighted by atomic mass is 9.92. The number of rotatable bonds is 4. The number of hydrogen-bond acceptors (Lipinski definition) is 5. The summed E-state index contributed by atoms with van der Waals surface area (Å²) in [6.07, 6.45) is 6.99. The van der Waals surface area contributed by atoms with Crippen molar-refractivity contribution in [2.24, 2.45) is 5.92 Å². The molecule has 2 aliphatic heterocycles. The number of esters is 1. The van der Waals surface area contributed by atoms with Gasteiger partial charge in [-0.1, -0.05) is 24.3 Å². The van der Waals surface area contributed by atoms with Crippen molar-refractivity contribution >= 4 is 5.97 Å². The van der Waals surface area contributed by atoms with Gasteiger partial charge in [0, 0.05) is 55.7 Å². The van der Waals surface area contributed by atoms with Crippen molar-refractivity contribution < 1.29 is 14.3 Å². The van der Waals surface area contributed by atoms with Gasteiger partial charge in [0.1, 0.15) is 0 Å². The fourth-order valence-corrected chi connectivity index (χ4v) is 5.12. The molecule has 3 fully saturated rings. The van der Waals surface area contributed by atoms with Crippen LogP contribution in [0.2, 0.25) is 0 Å². The summed E-state index contributed by atoms with van der Waals surface area (Å²) in [6.45, 7) is 4.23. The highest BCUT2D eigenvalue weighted by atomic mass is 16.5. The molecule has 2 saturated heterocycles. The van der Waals surface area contributed by atoms with E-state index in [1.54, 1.807) is 12.4 Å². The van der Waals surface area contributed by atoms with E-state index < -0.39 is 0 Å². The summed E-state index contributed by atoms with van der Waals surface area (Å²) in [5.41, 5.74) is 4.30. The Bertz CT molecular complexity index is 876. The van der Waals surface area contributed by atoms with Crippen LogP contribution in [0.5, 0.6) is 0 Å². The third kappa shape index (κ3) is 3.03. The molecule has 0 bridgehead atoms. The molecule has 5 heteroatoms. The Kier molecular flexibility index (Phi) is 4.44. The summed E-state index contributed by atoms with van der Waals surface area (Å²) in [6, 6.07) is 11.4. The molecule has 0 N–H and O–H groups in total. The molecule has 0 spiro atoms. The Morgan fingerprint density at radius 3 is 2.71 bits per heavy atom. The van der Waals surface area contributed by atoms with Crippen LogP contribution in [0.15, 0.2) is 42.7 Å². The maximum Gasteiger partial charge on any atom is 0.339 e. The lowest BCUT2D eigenvalue weighted by Gasteiger charge is -2.33. The van der Waals surface area contributed by atoms with Gasteiger partial charge in [-0.2, -0.15) is 0 Å². The van der Waals surface area contributed by atoms with E-state index in [-0.39, 0.29) is 5.97 Å². The molecule has 5 nitrogen and oxygen atoms in total. The molecule has 1 saturated carbocycles. The van der Waals surface area contributed by atoms with Gasteiger partial charge in [-0.15, -0.1) is 0 Å². The van der Waals surface area contributed by atoms with E-state index in [2.05, 4.69) is 34.1 Å². The van der Waals surface area contributed by atoms with E-state index in [4.69, 9.17) is 9.47 Å². The van der Waals surface area contributed by atoms with Crippen molar-refractivity contribution in [3.8, 4) is 11.1 Å². The molecule has 2 aromatic rings. The number of nitrogens with zero attached hydrogens (tertiary/aromatic N) is 2. The Labute approximate surface area is 165 Å². The molecular formula is C23H26N2O3. The highest BCUT2D eigenvalue weighted by Gasteiger charge is 2.61. The van der Waals surface area contributed by atoms with E-state index in [9.17, 15) is 4.79 Å². The topological polar surface area (TPSA) is 51.7 Å². The van der Waals surface area contributed by atoms with Crippen LogP contribution in [-0.4, -0.2) is 55.3 Å². The van der Waals surface area contributed by atoms with E-state index in [1.807, 2.05) is 6.07 Å². The normalized spacial score (nSPS) is 27.4. The van der Waals surface area contributed by atoms with Crippen LogP contribution in [0, 0.1) is 5.92 Å². The minimum absolute atomic E-state index is 0.350. The van der Waals surface area contributed by atoms with Gasteiger partial charge in [0.05, 0.1) is 12.7 Å². The molecule has 3 heterocycles. The molecule has 0 radical (unpaired) electrons. The predicted octanol–water partition coefficient (Wildman–Crippen LogP) is 3.29. The molecule has 1 aromatic carbocycles. The third-order valence-corrected chi connectivity index (χ3v) is 6.83. The Morgan fingerprint density at radius 2 is 1.96 bits per heavy atom. The van der Waals surface area contributed by atoms with E-state index in [1.165, 1.54) is 45.0 Å². The number of fused-ring (bicyclic) bond motifs is 1. The zero-order chi connectivity index (χ0) is 19.1. The lowest BCUT2D eigenvalue weighted by Crippen LogP contribution is -2.40. The van der Waals surface area contributed by atoms with Crippen LogP contribution in [0.25, 0.3) is 11.1 Å². The second-order valence-corrected chi connectivity index (χ2v) is 8.36. The number of benzene rings is 1. The number of ether oxygens (including phenoxy) is 2. The van der Waals surface area contributed by atoms with Crippen LogP contribution in [-0.2, 0) is 14.9 Å². The van der Waals surface area contributed by atoms with Crippen LogP contribution in [0.3, 0.4) is 0 Å². The smallest absolute Gasteiger partial charge is 0.339 e. The van der Waals surface area contributed by atoms with Gasteiger partial charge in [0.25, 0.3) is 0 Å². The SMILES string of the molecule is COC(=O)c1cncc(-c2ccc([C@@]34C[C@@H]3CN(C3CCOCC3)C4)cc2)c1. The monoisotopic (exact) mass is 378 g/mol. The van der Waals surface area contributed by atoms with Gasteiger partial charge in [0.2, 0.25) is 0 Å². The molecule has 3 aliphatic rings. The van der Waals surface area contributed by atoms with Gasteiger partial charge < -0.3 is 9.47 Å². The summed E-state index contributed by atoms with van der Waals surface area (Å²) in [7, 11) is 1.39. The van der Waals surface area contributed by atoms with Gasteiger partial charge in [0.15, 0.2) is 0 Å². The number of likely N-dealkylation sites (tertiary alicyclic amines) is 1. The number of piperidine rings is 1. The molecular weight excluding hydrogens is 352 g/mol. The van der Waals surface area contributed by atoms with Crippen molar-refractivity contribution in [1.29, 1.82) is 0 Å². The van der Waals surface area contributed by atoms with Crippen LogP contribution >= 0.6 is 0 Å². The molecule has 146 valence electrons. The van der Waals surface area contributed by atoms with Gasteiger partial charge in [-0.05, 0) is 42.4 Å². The highest BCUT2D eigenvalue weighted by molar-refractivity contribution is 5.90. The van der Waals surface area contributed by atoms with Crippen molar-refractivity contribution in [2.45, 2.75) is 30.7 Å². The quantitative estimate of drug-likeness (QED) is 0.764. The zero-order valence-corrected chi connectivity index (χ0v) is 16.3. The van der Waals surface area contributed by atoms with Crippen LogP contribution in [0.1, 0.15) is 35.2 Å². The predicted molar refractivity (Wildman–Crippen MR) is 106 cm³/mol. The number of hydrogen-bond donors (Lipinski definition) is 0. The first-order valence-electron chi connectivity index (χ1n) is 10.2. The van der Waals surface area contributed by atoms with Crippen LogP contribution < -0.4 is 0 Å². The van der Waals surface area contributed by atoms with Crippen molar-refractivity contribution in [1.82, 2.24) is 9.88 Å². The number of methoxy groups -OCH3 is 1. The molecule has 28 heavy (non-hydrogen) atoms. The maximum atomic E-state index is 11.8. The first-order valence-corrected chi connectivity index (χ1v) is 10.2. The summed E-state index contributed by atoms with van der Waals surface area (Å²) in [5.74, 6) is 0.440. The van der Waals surface area contributed by atoms with E-state index >= 15 is 0 Å². The Morgan fingerprint density at radius 1 is 1.18 bits per heavy atom. The minimum atomic E-state index is -0.357. The second kappa shape index (κ2) is 6.98. The first kappa shape index (κ1) is 17.8. The lowest BCUT2D eigenvalue weighted by molar-refractivity contribution is 0.0378. The average Bonchev–Trinajstić information content (AvgIpc) is 3.34. The second-order valence-electron chi connectivity index (χ2n) is 8.36. The number of carbonyl (C=O) groups excluding carboxylic acids is 1. The maximum absolute atomic E-state index is 11.8. The van der Waals surface area contributed by atoms with Gasteiger partial charge in [-0.25, -0.2) is 4.79 Å². The third-order valence-electron chi connectivity index (χ3n) is 6.83. The van der Waals surface area contributed by atoms with E-state index in [0.29, 0.717) is 17.0 Å². The fraction of sp³-hybridized carbons (Fsp3) is 0.478. The zero-order valence-electron chi connectivity index (χ0n) is 16.3. The summed E-state index contributed by atoms with van der Waals surface area (Å²) < 4.78 is 10.3. The summed E-state index contributed by atoms with van der Waals surface area (Å²) >= 11 is 0. The van der Waals surface area contributed by atoms with Gasteiger partial charge in [-0.3, -0.25) is 9.88 Å². The number of carbonyl (C=O) groups is 1. The standard InChI is InChI=1S/C23H26N2O3/c1-27-22(26)18-10-17(12-24-13-18)16-2-4-19(5-3-16)23-11-20(23)14-25(15-23)21-6-8-28-9-7-21/h2-5,10,12-13,20-21H,6-9,11,14-15H2,1H3/t20-,23+/m1/s1. The fourth-order valence-electron chi connectivity index (χ4n) is 5.12. The van der Waals surface area contributed by atoms with Crippen molar-refractivity contribution in [2.75, 3.05) is 33.4 Å². The minimum Gasteiger partial charge on any atom is -0.465 e. The number of aromatic nitrogens is 1. The molecule has 0 amide bonds. The largest absolute Gasteiger partial charge is 0.465 e. The number of pyridine rings is 1. The summed E-state index contributed by atoms with van der Waals surface area (Å²) in [5, 5.41) is 0.